The third-order valence-electron chi connectivity index (χ3n) is 1.19. The van der Waals surface area contributed by atoms with Crippen LogP contribution in [0.25, 0.3) is 0 Å². The molecule has 76 valence electrons. The Balaban J connectivity index is 4.18. The fourth-order valence-electron chi connectivity index (χ4n) is 0.680. The Kier molecular flexibility index (Phi) is 5.54. The first-order valence-corrected chi connectivity index (χ1v) is 3.79. The number of primary amides is 1. The molecule has 0 aromatic carbocycles. The maximum atomic E-state index is 11.1. The van der Waals surface area contributed by atoms with E-state index in [0.29, 0.717) is 0 Å². The number of hydrogen-bond donors (Lipinski definition) is 1. The smallest absolute Gasteiger partial charge is 0.411 e. The standard InChI is InChI=1S/C8H11N3O3/c1-2-5-14-8(13)11(4-3-9)6-7(10)12/h2H,1,4-6H2,(H2,10,12). The van der Waals surface area contributed by atoms with Crippen LogP contribution in [-0.4, -0.2) is 36.6 Å². The van der Waals surface area contributed by atoms with Crippen molar-refractivity contribution in [2.24, 2.45) is 5.73 Å². The molecule has 2 N–H and O–H groups in total. The topological polar surface area (TPSA) is 96.4 Å². The molecule has 0 aromatic rings. The zero-order chi connectivity index (χ0) is 11.0. The first kappa shape index (κ1) is 12.0. The number of ether oxygens (including phenoxy) is 1. The van der Waals surface area contributed by atoms with E-state index in [4.69, 9.17) is 11.0 Å². The molecule has 0 aliphatic rings. The van der Waals surface area contributed by atoms with Gasteiger partial charge in [-0.25, -0.2) is 4.79 Å². The van der Waals surface area contributed by atoms with Crippen molar-refractivity contribution in [2.45, 2.75) is 0 Å². The Bertz CT molecular complexity index is 269. The summed E-state index contributed by atoms with van der Waals surface area (Å²) in [6.07, 6.45) is 0.623. The number of hydrogen-bond acceptors (Lipinski definition) is 4. The molecule has 6 nitrogen and oxygen atoms in total. The Morgan fingerprint density at radius 1 is 1.64 bits per heavy atom. The van der Waals surface area contributed by atoms with Gasteiger partial charge in [0.2, 0.25) is 5.91 Å². The zero-order valence-corrected chi connectivity index (χ0v) is 7.60. The van der Waals surface area contributed by atoms with E-state index >= 15 is 0 Å². The van der Waals surface area contributed by atoms with Crippen molar-refractivity contribution in [3.63, 3.8) is 0 Å². The number of rotatable bonds is 5. The normalized spacial score (nSPS) is 8.50. The van der Waals surface area contributed by atoms with E-state index in [0.717, 1.165) is 4.90 Å². The van der Waals surface area contributed by atoms with Crippen LogP contribution in [0.5, 0.6) is 0 Å². The van der Waals surface area contributed by atoms with Gasteiger partial charge in [-0.15, -0.1) is 0 Å². The molecule has 0 aliphatic heterocycles. The molecule has 6 heteroatoms. The lowest BCUT2D eigenvalue weighted by Crippen LogP contribution is -2.39. The second kappa shape index (κ2) is 6.48. The van der Waals surface area contributed by atoms with Crippen molar-refractivity contribution < 1.29 is 14.3 Å². The quantitative estimate of drug-likeness (QED) is 0.480. The van der Waals surface area contributed by atoms with Crippen LogP contribution in [-0.2, 0) is 9.53 Å². The first-order valence-electron chi connectivity index (χ1n) is 3.79. The summed E-state index contributed by atoms with van der Waals surface area (Å²) >= 11 is 0. The van der Waals surface area contributed by atoms with E-state index in [9.17, 15) is 9.59 Å². The van der Waals surface area contributed by atoms with Gasteiger partial charge in [-0.3, -0.25) is 9.69 Å². The Morgan fingerprint density at radius 3 is 2.71 bits per heavy atom. The van der Waals surface area contributed by atoms with E-state index in [1.165, 1.54) is 6.08 Å². The molecule has 0 aliphatic carbocycles. The lowest BCUT2D eigenvalue weighted by atomic mass is 10.5. The highest BCUT2D eigenvalue weighted by molar-refractivity contribution is 5.80. The molecule has 0 spiro atoms. The van der Waals surface area contributed by atoms with Crippen LogP contribution in [0.4, 0.5) is 4.79 Å². The van der Waals surface area contributed by atoms with Crippen LogP contribution >= 0.6 is 0 Å². The highest BCUT2D eigenvalue weighted by atomic mass is 16.6. The van der Waals surface area contributed by atoms with Gasteiger partial charge in [-0.05, 0) is 0 Å². The van der Waals surface area contributed by atoms with Gasteiger partial charge in [0.25, 0.3) is 0 Å². The van der Waals surface area contributed by atoms with E-state index < -0.39 is 12.0 Å². The van der Waals surface area contributed by atoms with Crippen molar-refractivity contribution >= 4 is 12.0 Å². The molecular weight excluding hydrogens is 186 g/mol. The van der Waals surface area contributed by atoms with Crippen molar-refractivity contribution in [1.29, 1.82) is 5.26 Å². The molecule has 0 heterocycles. The fourth-order valence-corrected chi connectivity index (χ4v) is 0.680. The molecular formula is C8H11N3O3. The van der Waals surface area contributed by atoms with Crippen LogP contribution in [0.3, 0.4) is 0 Å². The predicted octanol–water partition coefficient (Wildman–Crippen LogP) is -0.380. The summed E-state index contributed by atoms with van der Waals surface area (Å²) in [6, 6.07) is 1.72. The third-order valence-corrected chi connectivity index (χ3v) is 1.19. The van der Waals surface area contributed by atoms with Crippen LogP contribution in [0.15, 0.2) is 12.7 Å². The molecule has 0 radical (unpaired) electrons. The molecule has 0 fully saturated rings. The molecule has 0 aromatic heterocycles. The summed E-state index contributed by atoms with van der Waals surface area (Å²) in [5.74, 6) is -0.698. The lowest BCUT2D eigenvalue weighted by Gasteiger charge is -2.16. The van der Waals surface area contributed by atoms with Gasteiger partial charge in [0, 0.05) is 0 Å². The maximum absolute atomic E-state index is 11.1. The molecule has 0 saturated heterocycles. The Labute approximate surface area is 81.5 Å². The number of carbonyl (C=O) groups excluding carboxylic acids is 2. The van der Waals surface area contributed by atoms with Gasteiger partial charge in [0.05, 0.1) is 6.07 Å². The molecule has 0 unspecified atom stereocenters. The van der Waals surface area contributed by atoms with Gasteiger partial charge in [0.15, 0.2) is 0 Å². The number of amides is 2. The van der Waals surface area contributed by atoms with Gasteiger partial charge in [-0.1, -0.05) is 12.7 Å². The second-order valence-corrected chi connectivity index (χ2v) is 2.35. The SMILES string of the molecule is C=CCOC(=O)N(CC#N)CC(N)=O. The van der Waals surface area contributed by atoms with E-state index in [1.807, 2.05) is 0 Å². The highest BCUT2D eigenvalue weighted by Crippen LogP contribution is 1.93. The molecule has 0 rings (SSSR count). The van der Waals surface area contributed by atoms with Gasteiger partial charge in [0.1, 0.15) is 19.7 Å². The summed E-state index contributed by atoms with van der Waals surface area (Å²) in [6.45, 7) is 2.81. The summed E-state index contributed by atoms with van der Waals surface area (Å²) in [4.78, 5) is 22.5. The Morgan fingerprint density at radius 2 is 2.29 bits per heavy atom. The van der Waals surface area contributed by atoms with Crippen molar-refractivity contribution in [2.75, 3.05) is 19.7 Å². The monoisotopic (exact) mass is 197 g/mol. The summed E-state index contributed by atoms with van der Waals surface area (Å²) in [5.41, 5.74) is 4.87. The molecule has 14 heavy (non-hydrogen) atoms. The minimum atomic E-state index is -0.759. The maximum Gasteiger partial charge on any atom is 0.411 e. The van der Waals surface area contributed by atoms with E-state index in [1.54, 1.807) is 6.07 Å². The van der Waals surface area contributed by atoms with E-state index in [2.05, 4.69) is 11.3 Å². The van der Waals surface area contributed by atoms with Gasteiger partial charge in [-0.2, -0.15) is 5.26 Å². The first-order chi connectivity index (χ1) is 6.61. The van der Waals surface area contributed by atoms with E-state index in [-0.39, 0.29) is 19.7 Å². The predicted molar refractivity (Wildman–Crippen MR) is 47.9 cm³/mol. The summed E-state index contributed by atoms with van der Waals surface area (Å²) < 4.78 is 4.62. The molecule has 2 amide bonds. The molecule has 0 bridgehead atoms. The fraction of sp³-hybridized carbons (Fsp3) is 0.375. The summed E-state index contributed by atoms with van der Waals surface area (Å²) in [5, 5.41) is 8.35. The van der Waals surface area contributed by atoms with Gasteiger partial charge < -0.3 is 10.5 Å². The third kappa shape index (κ3) is 4.77. The number of nitrogens with zero attached hydrogens (tertiary/aromatic N) is 2. The summed E-state index contributed by atoms with van der Waals surface area (Å²) in [7, 11) is 0. The van der Waals surface area contributed by atoms with Crippen molar-refractivity contribution in [3.05, 3.63) is 12.7 Å². The Hall–Kier alpha value is -2.03. The lowest BCUT2D eigenvalue weighted by molar-refractivity contribution is -0.118. The number of nitrogens with two attached hydrogens (primary N) is 1. The van der Waals surface area contributed by atoms with Crippen LogP contribution in [0.1, 0.15) is 0 Å². The zero-order valence-electron chi connectivity index (χ0n) is 7.60. The van der Waals surface area contributed by atoms with Gasteiger partial charge >= 0.3 is 6.09 Å². The average Bonchev–Trinajstić information content (AvgIpc) is 2.13. The largest absolute Gasteiger partial charge is 0.445 e. The van der Waals surface area contributed by atoms with Crippen LogP contribution in [0, 0.1) is 11.3 Å². The second-order valence-electron chi connectivity index (χ2n) is 2.35. The number of nitriles is 1. The minimum absolute atomic E-state index is 0.0273. The average molecular weight is 197 g/mol. The van der Waals surface area contributed by atoms with Crippen molar-refractivity contribution in [1.82, 2.24) is 4.90 Å². The molecule has 0 saturated carbocycles. The number of carbonyl (C=O) groups is 2. The van der Waals surface area contributed by atoms with Crippen molar-refractivity contribution in [3.8, 4) is 6.07 Å². The highest BCUT2D eigenvalue weighted by Gasteiger charge is 2.15. The minimum Gasteiger partial charge on any atom is -0.445 e. The van der Waals surface area contributed by atoms with Crippen LogP contribution in [0.2, 0.25) is 0 Å². The van der Waals surface area contributed by atoms with Crippen LogP contribution < -0.4 is 5.73 Å². The molecule has 0 atom stereocenters.